The first kappa shape index (κ1) is 95.1. The van der Waals surface area contributed by atoms with Gasteiger partial charge in [-0.3, -0.25) is 37.3 Å². The first-order valence-corrected chi connectivity index (χ1v) is 43.3. The van der Waals surface area contributed by atoms with E-state index in [1.54, 1.807) is 0 Å². The van der Waals surface area contributed by atoms with Gasteiger partial charge in [0.05, 0.1) is 26.4 Å². The van der Waals surface area contributed by atoms with Crippen molar-refractivity contribution in [3.8, 4) is 0 Å². The lowest BCUT2D eigenvalue weighted by atomic mass is 10.0. The van der Waals surface area contributed by atoms with Crippen LogP contribution in [0.4, 0.5) is 0 Å². The summed E-state index contributed by atoms with van der Waals surface area (Å²) in [6.45, 7) is 11.9. The highest BCUT2D eigenvalue weighted by Gasteiger charge is 2.30. The molecule has 5 atom stereocenters. The molecule has 2 unspecified atom stereocenters. The van der Waals surface area contributed by atoms with Gasteiger partial charge >= 0.3 is 39.5 Å². The Balaban J connectivity index is 5.22. The summed E-state index contributed by atoms with van der Waals surface area (Å²) in [6.07, 6.45) is 55.5. The molecule has 0 amide bonds. The largest absolute Gasteiger partial charge is 0.472 e. The molecular formula is C78H152O17P2. The molecule has 0 aliphatic heterocycles. The molecule has 0 heterocycles. The third kappa shape index (κ3) is 72.2. The van der Waals surface area contributed by atoms with Crippen molar-refractivity contribution in [2.45, 2.75) is 420 Å². The third-order valence-corrected chi connectivity index (χ3v) is 20.0. The highest BCUT2D eigenvalue weighted by atomic mass is 31.2. The van der Waals surface area contributed by atoms with Crippen LogP contribution in [0.15, 0.2) is 0 Å². The van der Waals surface area contributed by atoms with Crippen LogP contribution in [0.1, 0.15) is 402 Å². The zero-order valence-corrected chi connectivity index (χ0v) is 65.3. The number of hydrogen-bond acceptors (Lipinski definition) is 15. The number of carbonyl (C=O) groups excluding carboxylic acids is 4. The number of unbranched alkanes of at least 4 members (excludes halogenated alkanes) is 44. The van der Waals surface area contributed by atoms with Gasteiger partial charge in [0.25, 0.3) is 0 Å². The predicted molar refractivity (Wildman–Crippen MR) is 395 cm³/mol. The van der Waals surface area contributed by atoms with Gasteiger partial charge in [-0.25, -0.2) is 9.13 Å². The minimum Gasteiger partial charge on any atom is -0.462 e. The molecule has 0 aromatic heterocycles. The molecule has 0 radical (unpaired) electrons. The lowest BCUT2D eigenvalue weighted by Gasteiger charge is -2.21. The number of rotatable bonds is 76. The molecule has 0 bridgehead atoms. The number of phosphoric ester groups is 2. The average Bonchev–Trinajstić information content (AvgIpc) is 2.13. The molecule has 17 nitrogen and oxygen atoms in total. The summed E-state index contributed by atoms with van der Waals surface area (Å²) in [5.74, 6) is 0.211. The molecule has 3 N–H and O–H groups in total. The van der Waals surface area contributed by atoms with Crippen LogP contribution in [0.25, 0.3) is 0 Å². The zero-order valence-electron chi connectivity index (χ0n) is 63.5. The van der Waals surface area contributed by atoms with Crippen LogP contribution >= 0.6 is 15.6 Å². The molecule has 0 rings (SSSR count). The molecule has 0 aromatic carbocycles. The molecule has 0 fully saturated rings. The third-order valence-electron chi connectivity index (χ3n) is 18.1. The molecule has 19 heteroatoms. The maximum Gasteiger partial charge on any atom is 0.472 e. The zero-order chi connectivity index (χ0) is 71.6. The Morgan fingerprint density at radius 2 is 0.474 bits per heavy atom. The van der Waals surface area contributed by atoms with Crippen molar-refractivity contribution in [2.24, 2.45) is 17.8 Å². The minimum atomic E-state index is -4.96. The van der Waals surface area contributed by atoms with Gasteiger partial charge < -0.3 is 33.8 Å². The average molecular weight is 1420 g/mol. The lowest BCUT2D eigenvalue weighted by Crippen LogP contribution is -2.30. The fourth-order valence-corrected chi connectivity index (χ4v) is 13.5. The molecular weight excluding hydrogens is 1270 g/mol. The number of aliphatic hydroxyl groups is 1. The molecule has 0 aromatic rings. The van der Waals surface area contributed by atoms with E-state index in [1.165, 1.54) is 212 Å². The second-order valence-electron chi connectivity index (χ2n) is 29.5. The second kappa shape index (κ2) is 68.5. The monoisotopic (exact) mass is 1420 g/mol. The Labute approximate surface area is 594 Å². The summed E-state index contributed by atoms with van der Waals surface area (Å²) in [6, 6.07) is 0. The minimum absolute atomic E-state index is 0.105. The van der Waals surface area contributed by atoms with Crippen LogP contribution in [0.5, 0.6) is 0 Å². The molecule has 0 saturated heterocycles. The van der Waals surface area contributed by atoms with Crippen molar-refractivity contribution < 1.29 is 80.2 Å². The highest BCUT2D eigenvalue weighted by molar-refractivity contribution is 7.47. The van der Waals surface area contributed by atoms with Gasteiger partial charge in [-0.2, -0.15) is 0 Å². The van der Waals surface area contributed by atoms with Crippen LogP contribution in [-0.4, -0.2) is 96.7 Å². The predicted octanol–water partition coefficient (Wildman–Crippen LogP) is 23.0. The SMILES string of the molecule is CCCCCCCCCCCCC(=O)OC[C@H](COP(=O)(O)OC[C@H](O)COP(=O)(O)OC[C@@H](COC(=O)CCCCCCCCCCCCCCCCCC(C)C)OC(=O)CCCCCCCCCCCCCCCCCC(C)C)OC(=O)CCCCCCCCCCC(C)C. The van der Waals surface area contributed by atoms with E-state index in [9.17, 15) is 43.2 Å². The normalized spacial score (nSPS) is 14.0. The maximum atomic E-state index is 13.1. The van der Waals surface area contributed by atoms with Crippen molar-refractivity contribution in [3.63, 3.8) is 0 Å². The van der Waals surface area contributed by atoms with Gasteiger partial charge in [0.2, 0.25) is 0 Å². The Kier molecular flexibility index (Phi) is 67.1. The van der Waals surface area contributed by atoms with Crippen LogP contribution < -0.4 is 0 Å². The van der Waals surface area contributed by atoms with E-state index in [0.717, 1.165) is 108 Å². The van der Waals surface area contributed by atoms with E-state index < -0.39 is 97.5 Å². The van der Waals surface area contributed by atoms with Crippen LogP contribution in [-0.2, 0) is 65.4 Å². The van der Waals surface area contributed by atoms with Gasteiger partial charge in [0.1, 0.15) is 19.3 Å². The van der Waals surface area contributed by atoms with Crippen molar-refractivity contribution in [2.75, 3.05) is 39.6 Å². The van der Waals surface area contributed by atoms with Gasteiger partial charge in [-0.15, -0.1) is 0 Å². The number of aliphatic hydroxyl groups excluding tert-OH is 1. The van der Waals surface area contributed by atoms with E-state index in [2.05, 4.69) is 48.5 Å². The van der Waals surface area contributed by atoms with Crippen molar-refractivity contribution >= 4 is 39.5 Å². The lowest BCUT2D eigenvalue weighted by molar-refractivity contribution is -0.161. The van der Waals surface area contributed by atoms with Gasteiger partial charge in [0, 0.05) is 25.7 Å². The fraction of sp³-hybridized carbons (Fsp3) is 0.949. The molecule has 0 saturated carbocycles. The number of esters is 4. The van der Waals surface area contributed by atoms with Crippen molar-refractivity contribution in [3.05, 3.63) is 0 Å². The summed E-state index contributed by atoms with van der Waals surface area (Å²) >= 11 is 0. The van der Waals surface area contributed by atoms with E-state index in [0.29, 0.717) is 25.7 Å². The first-order valence-electron chi connectivity index (χ1n) is 40.3. The molecule has 576 valence electrons. The summed E-state index contributed by atoms with van der Waals surface area (Å²) in [5, 5.41) is 10.6. The smallest absolute Gasteiger partial charge is 0.462 e. The van der Waals surface area contributed by atoms with E-state index in [-0.39, 0.29) is 25.7 Å². The Hall–Kier alpha value is -1.94. The fourth-order valence-electron chi connectivity index (χ4n) is 12.0. The van der Waals surface area contributed by atoms with Gasteiger partial charge in [-0.1, -0.05) is 350 Å². The maximum absolute atomic E-state index is 13.1. The van der Waals surface area contributed by atoms with Gasteiger partial charge in [0.15, 0.2) is 12.2 Å². The molecule has 0 aliphatic rings. The number of hydrogen-bond donors (Lipinski definition) is 3. The summed E-state index contributed by atoms with van der Waals surface area (Å²) in [4.78, 5) is 72.8. The topological polar surface area (TPSA) is 237 Å². The van der Waals surface area contributed by atoms with E-state index in [4.69, 9.17) is 37.0 Å². The quantitative estimate of drug-likeness (QED) is 0.0222. The Morgan fingerprint density at radius 3 is 0.701 bits per heavy atom. The van der Waals surface area contributed by atoms with E-state index >= 15 is 0 Å². The molecule has 97 heavy (non-hydrogen) atoms. The van der Waals surface area contributed by atoms with Crippen LogP contribution in [0, 0.1) is 17.8 Å². The highest BCUT2D eigenvalue weighted by Crippen LogP contribution is 2.45. The summed E-state index contributed by atoms with van der Waals surface area (Å²) < 4.78 is 68.6. The molecule has 0 aliphatic carbocycles. The van der Waals surface area contributed by atoms with Crippen molar-refractivity contribution in [1.29, 1.82) is 0 Å². The van der Waals surface area contributed by atoms with Crippen LogP contribution in [0.3, 0.4) is 0 Å². The second-order valence-corrected chi connectivity index (χ2v) is 32.4. The number of carbonyl (C=O) groups is 4. The summed E-state index contributed by atoms with van der Waals surface area (Å²) in [7, 11) is -9.91. The summed E-state index contributed by atoms with van der Waals surface area (Å²) in [5.41, 5.74) is 0. The number of phosphoric acid groups is 2. The first-order chi connectivity index (χ1) is 46.7. The Bertz CT molecular complexity index is 1890. The van der Waals surface area contributed by atoms with Crippen LogP contribution in [0.2, 0.25) is 0 Å². The van der Waals surface area contributed by atoms with Gasteiger partial charge in [-0.05, 0) is 43.4 Å². The standard InChI is InChI=1S/C78H152O17P2/c1-8-9-10-11-12-13-30-38-45-52-59-75(80)88-66-74(95-78(83)62-55-48-41-34-33-37-44-51-58-71(6)7)68-93-97(86,87)91-64-72(79)63-90-96(84,85)92-67-73(94-77(82)61-54-47-40-32-27-23-19-15-17-21-25-29-36-43-50-57-70(4)5)65-89-76(81)60-53-46-39-31-26-22-18-14-16-20-24-28-35-42-49-56-69(2)3/h69-74,79H,8-68H2,1-7H3,(H,84,85)(H,86,87)/t72-,73-,74-/m1/s1. The van der Waals surface area contributed by atoms with E-state index in [1.807, 2.05) is 0 Å². The number of ether oxygens (including phenoxy) is 4. The Morgan fingerprint density at radius 1 is 0.278 bits per heavy atom. The molecule has 0 spiro atoms. The van der Waals surface area contributed by atoms with Crippen molar-refractivity contribution in [1.82, 2.24) is 0 Å².